The SMILES string of the molecule is COc1cc(C#N)ccc1NC(=O)NCCOCC(=O)O. The number of nitriles is 1. The number of hydrogen-bond acceptors (Lipinski definition) is 5. The fraction of sp³-hybridized carbons (Fsp3) is 0.308. The van der Waals surface area contributed by atoms with Gasteiger partial charge in [0.15, 0.2) is 0 Å². The fourth-order valence-corrected chi connectivity index (χ4v) is 1.43. The molecule has 0 aromatic heterocycles. The van der Waals surface area contributed by atoms with Gasteiger partial charge < -0.3 is 25.2 Å². The molecule has 8 heteroatoms. The van der Waals surface area contributed by atoms with Gasteiger partial charge >= 0.3 is 12.0 Å². The van der Waals surface area contributed by atoms with Gasteiger partial charge in [0.2, 0.25) is 0 Å². The van der Waals surface area contributed by atoms with Crippen molar-refractivity contribution in [3.05, 3.63) is 23.8 Å². The Labute approximate surface area is 121 Å². The molecule has 0 aliphatic carbocycles. The number of methoxy groups -OCH3 is 1. The first-order valence-corrected chi connectivity index (χ1v) is 5.99. The molecule has 0 spiro atoms. The lowest BCUT2D eigenvalue weighted by atomic mass is 10.2. The Morgan fingerprint density at radius 3 is 2.81 bits per heavy atom. The van der Waals surface area contributed by atoms with Crippen LogP contribution < -0.4 is 15.4 Å². The third-order valence-electron chi connectivity index (χ3n) is 2.34. The first-order chi connectivity index (χ1) is 10.1. The van der Waals surface area contributed by atoms with Gasteiger partial charge in [0, 0.05) is 12.6 Å². The molecule has 1 rings (SSSR count). The standard InChI is InChI=1S/C13H15N3O5/c1-20-11-6-9(7-14)2-3-10(11)16-13(19)15-4-5-21-8-12(17)18/h2-3,6H,4-5,8H2,1H3,(H,17,18)(H2,15,16,19). The number of rotatable bonds is 7. The summed E-state index contributed by atoms with van der Waals surface area (Å²) in [5.41, 5.74) is 0.834. The van der Waals surface area contributed by atoms with Crippen LogP contribution in [0, 0.1) is 11.3 Å². The number of hydrogen-bond donors (Lipinski definition) is 3. The van der Waals surface area contributed by atoms with E-state index in [1.54, 1.807) is 12.1 Å². The zero-order chi connectivity index (χ0) is 15.7. The van der Waals surface area contributed by atoms with E-state index in [0.717, 1.165) is 0 Å². The smallest absolute Gasteiger partial charge is 0.329 e. The number of anilines is 1. The van der Waals surface area contributed by atoms with Crippen LogP contribution in [0.5, 0.6) is 5.75 Å². The molecule has 3 N–H and O–H groups in total. The van der Waals surface area contributed by atoms with Crippen molar-refractivity contribution >= 4 is 17.7 Å². The van der Waals surface area contributed by atoms with E-state index in [2.05, 4.69) is 10.6 Å². The largest absolute Gasteiger partial charge is 0.495 e. The van der Waals surface area contributed by atoms with Gasteiger partial charge in [0.25, 0.3) is 0 Å². The second kappa shape index (κ2) is 8.39. The van der Waals surface area contributed by atoms with Crippen LogP contribution in [0.3, 0.4) is 0 Å². The van der Waals surface area contributed by atoms with Crippen molar-refractivity contribution in [2.24, 2.45) is 0 Å². The Balaban J connectivity index is 2.44. The topological polar surface area (TPSA) is 121 Å². The predicted octanol–water partition coefficient (Wildman–Crippen LogP) is 0.790. The molecule has 21 heavy (non-hydrogen) atoms. The van der Waals surface area contributed by atoms with Crippen LogP contribution in [0.4, 0.5) is 10.5 Å². The summed E-state index contributed by atoms with van der Waals surface area (Å²) in [5, 5.41) is 22.2. The van der Waals surface area contributed by atoms with Gasteiger partial charge in [0.05, 0.1) is 31.0 Å². The number of amides is 2. The third kappa shape index (κ3) is 5.80. The average Bonchev–Trinajstić information content (AvgIpc) is 2.47. The normalized spacial score (nSPS) is 9.52. The molecule has 0 atom stereocenters. The summed E-state index contributed by atoms with van der Waals surface area (Å²) in [6.45, 7) is -0.158. The molecule has 0 saturated carbocycles. The van der Waals surface area contributed by atoms with Gasteiger partial charge in [-0.2, -0.15) is 5.26 Å². The number of carboxylic acid groups (broad SMARTS) is 1. The van der Waals surface area contributed by atoms with Crippen molar-refractivity contribution in [3.8, 4) is 11.8 Å². The first-order valence-electron chi connectivity index (χ1n) is 5.99. The molecule has 0 fully saturated rings. The van der Waals surface area contributed by atoms with E-state index < -0.39 is 18.6 Å². The van der Waals surface area contributed by atoms with Crippen LogP contribution in [-0.2, 0) is 9.53 Å². The molecule has 1 aromatic rings. The molecule has 0 saturated heterocycles. The van der Waals surface area contributed by atoms with Crippen molar-refractivity contribution < 1.29 is 24.2 Å². The van der Waals surface area contributed by atoms with Crippen LogP contribution in [-0.4, -0.2) is 44.0 Å². The minimum Gasteiger partial charge on any atom is -0.495 e. The zero-order valence-corrected chi connectivity index (χ0v) is 11.4. The number of carbonyl (C=O) groups is 2. The van der Waals surface area contributed by atoms with E-state index in [0.29, 0.717) is 17.0 Å². The third-order valence-corrected chi connectivity index (χ3v) is 2.34. The first kappa shape index (κ1) is 16.3. The van der Waals surface area contributed by atoms with E-state index in [1.807, 2.05) is 6.07 Å². The molecule has 0 radical (unpaired) electrons. The van der Waals surface area contributed by atoms with E-state index in [9.17, 15) is 9.59 Å². The number of aliphatic carboxylic acids is 1. The summed E-state index contributed by atoms with van der Waals surface area (Å²) >= 11 is 0. The second-order valence-electron chi connectivity index (χ2n) is 3.85. The lowest BCUT2D eigenvalue weighted by molar-refractivity contribution is -0.142. The highest BCUT2D eigenvalue weighted by Gasteiger charge is 2.08. The average molecular weight is 293 g/mol. The Bertz CT molecular complexity index is 553. The molecule has 0 aliphatic rings. The highest BCUT2D eigenvalue weighted by molar-refractivity contribution is 5.91. The monoisotopic (exact) mass is 293 g/mol. The number of carbonyl (C=O) groups excluding carboxylic acids is 1. The maximum absolute atomic E-state index is 11.6. The molecule has 2 amide bonds. The molecule has 0 heterocycles. The minimum atomic E-state index is -1.07. The number of urea groups is 1. The lowest BCUT2D eigenvalue weighted by Crippen LogP contribution is -2.32. The van der Waals surface area contributed by atoms with Crippen LogP contribution in [0.15, 0.2) is 18.2 Å². The molecule has 1 aromatic carbocycles. The maximum atomic E-state index is 11.6. The van der Waals surface area contributed by atoms with Crippen molar-refractivity contribution in [3.63, 3.8) is 0 Å². The van der Waals surface area contributed by atoms with Gasteiger partial charge in [-0.25, -0.2) is 9.59 Å². The van der Waals surface area contributed by atoms with Crippen LogP contribution >= 0.6 is 0 Å². The number of benzene rings is 1. The number of carboxylic acids is 1. The van der Waals surface area contributed by atoms with Crippen molar-refractivity contribution in [2.75, 3.05) is 32.2 Å². The summed E-state index contributed by atoms with van der Waals surface area (Å²) in [4.78, 5) is 21.8. The highest BCUT2D eigenvalue weighted by Crippen LogP contribution is 2.25. The number of nitrogens with zero attached hydrogens (tertiary/aromatic N) is 1. The van der Waals surface area contributed by atoms with Gasteiger partial charge in [-0.15, -0.1) is 0 Å². The summed E-state index contributed by atoms with van der Waals surface area (Å²) in [6, 6.07) is 6.09. The Morgan fingerprint density at radius 2 is 2.19 bits per heavy atom. The lowest BCUT2D eigenvalue weighted by Gasteiger charge is -2.11. The van der Waals surface area contributed by atoms with Crippen LogP contribution in [0.1, 0.15) is 5.56 Å². The van der Waals surface area contributed by atoms with Crippen LogP contribution in [0.2, 0.25) is 0 Å². The Morgan fingerprint density at radius 1 is 1.43 bits per heavy atom. The van der Waals surface area contributed by atoms with Gasteiger partial charge in [-0.3, -0.25) is 0 Å². The van der Waals surface area contributed by atoms with E-state index >= 15 is 0 Å². The molecule has 0 bridgehead atoms. The van der Waals surface area contributed by atoms with Crippen molar-refractivity contribution in [2.45, 2.75) is 0 Å². The summed E-state index contributed by atoms with van der Waals surface area (Å²) in [7, 11) is 1.43. The van der Waals surface area contributed by atoms with Gasteiger partial charge in [0.1, 0.15) is 12.4 Å². The van der Waals surface area contributed by atoms with Crippen molar-refractivity contribution in [1.82, 2.24) is 5.32 Å². The van der Waals surface area contributed by atoms with E-state index in [-0.39, 0.29) is 13.2 Å². The molecule has 8 nitrogen and oxygen atoms in total. The zero-order valence-electron chi connectivity index (χ0n) is 11.4. The highest BCUT2D eigenvalue weighted by atomic mass is 16.5. The minimum absolute atomic E-state index is 0.0875. The maximum Gasteiger partial charge on any atom is 0.329 e. The predicted molar refractivity (Wildman–Crippen MR) is 73.2 cm³/mol. The molecular formula is C13H15N3O5. The molecule has 0 aliphatic heterocycles. The van der Waals surface area contributed by atoms with Crippen molar-refractivity contribution in [1.29, 1.82) is 5.26 Å². The quantitative estimate of drug-likeness (QED) is 0.639. The second-order valence-corrected chi connectivity index (χ2v) is 3.85. The van der Waals surface area contributed by atoms with E-state index in [1.165, 1.54) is 13.2 Å². The van der Waals surface area contributed by atoms with Gasteiger partial charge in [-0.05, 0) is 12.1 Å². The molecular weight excluding hydrogens is 278 g/mol. The fourth-order valence-electron chi connectivity index (χ4n) is 1.43. The summed E-state index contributed by atoms with van der Waals surface area (Å²) in [5.74, 6) is -0.701. The Kier molecular flexibility index (Phi) is 6.50. The molecule has 112 valence electrons. The van der Waals surface area contributed by atoms with E-state index in [4.69, 9.17) is 19.8 Å². The summed E-state index contributed by atoms with van der Waals surface area (Å²) in [6.07, 6.45) is 0. The Hall–Kier alpha value is -2.79. The van der Waals surface area contributed by atoms with Gasteiger partial charge in [-0.1, -0.05) is 0 Å². The summed E-state index contributed by atoms with van der Waals surface area (Å²) < 4.78 is 9.84. The van der Waals surface area contributed by atoms with Crippen LogP contribution in [0.25, 0.3) is 0 Å². The molecule has 0 unspecified atom stereocenters. The number of ether oxygens (including phenoxy) is 2. The number of nitrogens with one attached hydrogen (secondary N) is 2.